The Bertz CT molecular complexity index is 1110. The number of aryl methyl sites for hydroxylation is 1. The predicted molar refractivity (Wildman–Crippen MR) is 144 cm³/mol. The number of thioether (sulfide) groups is 1. The number of aromatic nitrogens is 3. The van der Waals surface area contributed by atoms with Gasteiger partial charge in [-0.25, -0.2) is 15.0 Å². The highest BCUT2D eigenvalue weighted by Gasteiger charge is 2.20. The molecule has 2 aromatic heterocycles. The van der Waals surface area contributed by atoms with Gasteiger partial charge in [0.05, 0.1) is 18.1 Å². The lowest BCUT2D eigenvalue weighted by molar-refractivity contribution is 0.180. The molecule has 0 spiro atoms. The van der Waals surface area contributed by atoms with Crippen LogP contribution < -0.4 is 20.9 Å². The molecule has 0 amide bonds. The van der Waals surface area contributed by atoms with Crippen molar-refractivity contribution in [3.05, 3.63) is 34.8 Å². The summed E-state index contributed by atoms with van der Waals surface area (Å²) in [6.45, 7) is 8.14. The Labute approximate surface area is 215 Å². The molecular weight excluding hydrogens is 480 g/mol. The van der Waals surface area contributed by atoms with E-state index < -0.39 is 0 Å². The van der Waals surface area contributed by atoms with Crippen molar-refractivity contribution in [1.29, 1.82) is 0 Å². The SMILES string of the molecule is CCc1sc(-c2ccc(OC)c(OCCN3CCCCC3)c2)nc1[C@H](C)Sc1nc(N)cc(N)n1. The third kappa shape index (κ3) is 6.56. The number of methoxy groups -OCH3 is 1. The van der Waals surface area contributed by atoms with E-state index in [2.05, 4.69) is 28.7 Å². The zero-order chi connectivity index (χ0) is 24.8. The molecule has 1 aromatic carbocycles. The van der Waals surface area contributed by atoms with Gasteiger partial charge >= 0.3 is 0 Å². The van der Waals surface area contributed by atoms with Crippen LogP contribution in [0.1, 0.15) is 48.9 Å². The van der Waals surface area contributed by atoms with E-state index in [0.717, 1.165) is 53.8 Å². The van der Waals surface area contributed by atoms with Gasteiger partial charge in [-0.15, -0.1) is 11.3 Å². The molecule has 0 aliphatic carbocycles. The number of thiazole rings is 1. The molecule has 0 unspecified atom stereocenters. The van der Waals surface area contributed by atoms with Crippen LogP contribution in [0.2, 0.25) is 0 Å². The molecule has 0 radical (unpaired) electrons. The summed E-state index contributed by atoms with van der Waals surface area (Å²) < 4.78 is 11.7. The van der Waals surface area contributed by atoms with Crippen molar-refractivity contribution in [2.24, 2.45) is 0 Å². The van der Waals surface area contributed by atoms with Gasteiger partial charge in [0, 0.05) is 23.1 Å². The average molecular weight is 515 g/mol. The number of anilines is 2. The molecule has 1 fully saturated rings. The highest BCUT2D eigenvalue weighted by Crippen LogP contribution is 2.41. The molecule has 3 heterocycles. The molecule has 1 atom stereocenters. The third-order valence-electron chi connectivity index (χ3n) is 5.99. The lowest BCUT2D eigenvalue weighted by Gasteiger charge is -2.26. The van der Waals surface area contributed by atoms with Crippen LogP contribution in [0.3, 0.4) is 0 Å². The molecule has 1 saturated heterocycles. The van der Waals surface area contributed by atoms with Gasteiger partial charge in [0.1, 0.15) is 23.3 Å². The van der Waals surface area contributed by atoms with Crippen LogP contribution in [0.15, 0.2) is 29.4 Å². The van der Waals surface area contributed by atoms with Gasteiger partial charge in [-0.2, -0.15) is 0 Å². The van der Waals surface area contributed by atoms with Crippen LogP contribution in [-0.2, 0) is 6.42 Å². The molecule has 0 saturated carbocycles. The van der Waals surface area contributed by atoms with E-state index in [0.29, 0.717) is 23.4 Å². The topological polar surface area (TPSA) is 112 Å². The summed E-state index contributed by atoms with van der Waals surface area (Å²) in [5.74, 6) is 2.23. The highest BCUT2D eigenvalue weighted by atomic mass is 32.2. The number of hydrogen-bond donors (Lipinski definition) is 2. The number of nitrogens with zero attached hydrogens (tertiary/aromatic N) is 4. The maximum Gasteiger partial charge on any atom is 0.192 e. The highest BCUT2D eigenvalue weighted by molar-refractivity contribution is 7.99. The molecule has 35 heavy (non-hydrogen) atoms. The quantitative estimate of drug-likeness (QED) is 0.283. The number of rotatable bonds is 10. The average Bonchev–Trinajstić information content (AvgIpc) is 3.29. The first-order valence-corrected chi connectivity index (χ1v) is 13.8. The Morgan fingerprint density at radius 1 is 1.06 bits per heavy atom. The van der Waals surface area contributed by atoms with Crippen LogP contribution in [0.4, 0.5) is 11.6 Å². The summed E-state index contributed by atoms with van der Waals surface area (Å²) in [6, 6.07) is 7.59. The molecule has 3 aromatic rings. The monoisotopic (exact) mass is 514 g/mol. The van der Waals surface area contributed by atoms with E-state index in [1.54, 1.807) is 24.5 Å². The zero-order valence-corrected chi connectivity index (χ0v) is 22.3. The van der Waals surface area contributed by atoms with Crippen molar-refractivity contribution in [3.63, 3.8) is 0 Å². The molecule has 4 N–H and O–H groups in total. The van der Waals surface area contributed by atoms with E-state index in [1.807, 2.05) is 18.2 Å². The molecule has 4 rings (SSSR count). The number of nitrogens with two attached hydrogens (primary N) is 2. The molecule has 10 heteroatoms. The number of hydrogen-bond acceptors (Lipinski definition) is 10. The van der Waals surface area contributed by atoms with Gasteiger partial charge in [0.2, 0.25) is 0 Å². The van der Waals surface area contributed by atoms with Crippen LogP contribution in [0.5, 0.6) is 11.5 Å². The molecule has 8 nitrogen and oxygen atoms in total. The Balaban J connectivity index is 1.51. The van der Waals surface area contributed by atoms with Gasteiger partial charge in [-0.1, -0.05) is 25.1 Å². The maximum atomic E-state index is 6.17. The number of benzene rings is 1. The number of nitrogen functional groups attached to an aromatic ring is 2. The van der Waals surface area contributed by atoms with Crippen LogP contribution in [0, 0.1) is 0 Å². The molecule has 1 aliphatic rings. The van der Waals surface area contributed by atoms with Gasteiger partial charge in [0.15, 0.2) is 16.7 Å². The van der Waals surface area contributed by atoms with Crippen molar-refractivity contribution in [1.82, 2.24) is 19.9 Å². The van der Waals surface area contributed by atoms with Crippen molar-refractivity contribution in [3.8, 4) is 22.1 Å². The minimum Gasteiger partial charge on any atom is -0.493 e. The van der Waals surface area contributed by atoms with E-state index in [9.17, 15) is 0 Å². The fourth-order valence-electron chi connectivity index (χ4n) is 4.18. The Kier molecular flexibility index (Phi) is 8.69. The minimum atomic E-state index is 0.0506. The van der Waals surface area contributed by atoms with Crippen LogP contribution in [-0.4, -0.2) is 53.2 Å². The third-order valence-corrected chi connectivity index (χ3v) is 8.22. The van der Waals surface area contributed by atoms with Crippen molar-refractivity contribution in [2.75, 3.05) is 44.8 Å². The zero-order valence-electron chi connectivity index (χ0n) is 20.6. The van der Waals surface area contributed by atoms with Crippen LogP contribution in [0.25, 0.3) is 10.6 Å². The summed E-state index contributed by atoms with van der Waals surface area (Å²) >= 11 is 3.22. The lowest BCUT2D eigenvalue weighted by Crippen LogP contribution is -2.33. The van der Waals surface area contributed by atoms with Crippen molar-refractivity contribution < 1.29 is 9.47 Å². The molecule has 1 aliphatic heterocycles. The summed E-state index contributed by atoms with van der Waals surface area (Å²) in [5.41, 5.74) is 13.7. The summed E-state index contributed by atoms with van der Waals surface area (Å²) in [4.78, 5) is 17.3. The van der Waals surface area contributed by atoms with E-state index in [1.165, 1.54) is 35.9 Å². The second-order valence-corrected chi connectivity index (χ2v) is 10.9. The van der Waals surface area contributed by atoms with Gasteiger partial charge < -0.3 is 20.9 Å². The van der Waals surface area contributed by atoms with Crippen molar-refractivity contribution >= 4 is 34.7 Å². The first-order chi connectivity index (χ1) is 17.0. The second kappa shape index (κ2) is 11.9. The van der Waals surface area contributed by atoms with E-state index >= 15 is 0 Å². The van der Waals surface area contributed by atoms with Gasteiger partial charge in [-0.3, -0.25) is 4.90 Å². The Morgan fingerprint density at radius 3 is 2.49 bits per heavy atom. The van der Waals surface area contributed by atoms with E-state index in [-0.39, 0.29) is 5.25 Å². The smallest absolute Gasteiger partial charge is 0.192 e. The fourth-order valence-corrected chi connectivity index (χ4v) is 6.28. The minimum absolute atomic E-state index is 0.0506. The maximum absolute atomic E-state index is 6.17. The largest absolute Gasteiger partial charge is 0.493 e. The number of likely N-dealkylation sites (tertiary alicyclic amines) is 1. The fraction of sp³-hybridized carbons (Fsp3) is 0.480. The Hall–Kier alpha value is -2.56. The molecule has 188 valence electrons. The predicted octanol–water partition coefficient (Wildman–Crippen LogP) is 5.05. The summed E-state index contributed by atoms with van der Waals surface area (Å²) in [6.07, 6.45) is 4.78. The van der Waals surface area contributed by atoms with Gasteiger partial charge in [-0.05, 0) is 57.5 Å². The van der Waals surface area contributed by atoms with Crippen molar-refractivity contribution in [2.45, 2.75) is 49.9 Å². The summed E-state index contributed by atoms with van der Waals surface area (Å²) in [7, 11) is 1.67. The molecule has 0 bridgehead atoms. The summed E-state index contributed by atoms with van der Waals surface area (Å²) in [5, 5.41) is 1.57. The first kappa shape index (κ1) is 25.5. The standard InChI is InChI=1S/C25H34N6O2S2/c1-4-20-23(16(2)34-25-28-21(26)15-22(27)29-25)30-24(35-20)17-8-9-18(32-3)19(14-17)33-13-12-31-10-6-5-7-11-31/h8-9,14-16H,4-7,10-13H2,1-3H3,(H4,26,27,28,29)/t16-/m0/s1. The second-order valence-electron chi connectivity index (χ2n) is 8.56. The molecular formula is C25H34N6O2S2. The van der Waals surface area contributed by atoms with E-state index in [4.69, 9.17) is 25.9 Å². The first-order valence-electron chi connectivity index (χ1n) is 12.1. The lowest BCUT2D eigenvalue weighted by atomic mass is 10.1. The van der Waals surface area contributed by atoms with Gasteiger partial charge in [0.25, 0.3) is 0 Å². The number of piperidine rings is 1. The van der Waals surface area contributed by atoms with Crippen LogP contribution >= 0.6 is 23.1 Å². The Morgan fingerprint density at radius 2 is 1.80 bits per heavy atom. The normalized spacial score (nSPS) is 15.2. The number of ether oxygens (including phenoxy) is 2.